The van der Waals surface area contributed by atoms with Gasteiger partial charge < -0.3 is 10.1 Å². The summed E-state index contributed by atoms with van der Waals surface area (Å²) in [6.45, 7) is 10.9. The highest BCUT2D eigenvalue weighted by Gasteiger charge is 2.24. The van der Waals surface area contributed by atoms with Crippen molar-refractivity contribution in [2.75, 3.05) is 13.2 Å². The highest BCUT2D eigenvalue weighted by molar-refractivity contribution is 4.82. The number of nitrogens with one attached hydrogen (secondary N) is 1. The van der Waals surface area contributed by atoms with Gasteiger partial charge >= 0.3 is 0 Å². The fourth-order valence-corrected chi connectivity index (χ4v) is 1.99. The molecule has 14 heavy (non-hydrogen) atoms. The van der Waals surface area contributed by atoms with Gasteiger partial charge in [-0.15, -0.1) is 0 Å². The van der Waals surface area contributed by atoms with E-state index in [0.29, 0.717) is 18.1 Å². The quantitative estimate of drug-likeness (QED) is 0.734. The minimum Gasteiger partial charge on any atom is -0.377 e. The molecule has 1 N–H and O–H groups in total. The highest BCUT2D eigenvalue weighted by atomic mass is 16.5. The van der Waals surface area contributed by atoms with Crippen molar-refractivity contribution in [3.8, 4) is 0 Å². The highest BCUT2D eigenvalue weighted by Crippen LogP contribution is 2.17. The fraction of sp³-hybridized carbons (Fsp3) is 1.00. The molecule has 0 saturated carbocycles. The lowest BCUT2D eigenvalue weighted by Gasteiger charge is -2.14. The van der Waals surface area contributed by atoms with Crippen molar-refractivity contribution in [3.63, 3.8) is 0 Å². The van der Waals surface area contributed by atoms with Crippen molar-refractivity contribution >= 4 is 0 Å². The van der Waals surface area contributed by atoms with Gasteiger partial charge in [-0.1, -0.05) is 27.7 Å². The molecule has 2 heteroatoms. The third kappa shape index (κ3) is 4.43. The minimum atomic E-state index is 0.459. The standard InChI is InChI=1S/C12H25NO/c1-9(2)5-11-6-12(7-13-11)14-8-10(3)4/h9-13H,5-8H2,1-4H3/t11-,12+/m1/s1. The molecule has 0 radical (unpaired) electrons. The summed E-state index contributed by atoms with van der Waals surface area (Å²) >= 11 is 0. The van der Waals surface area contributed by atoms with E-state index in [1.807, 2.05) is 0 Å². The predicted octanol–water partition coefficient (Wildman–Crippen LogP) is 2.44. The van der Waals surface area contributed by atoms with E-state index in [-0.39, 0.29) is 0 Å². The van der Waals surface area contributed by atoms with Crippen LogP contribution < -0.4 is 5.32 Å². The molecule has 0 bridgehead atoms. The monoisotopic (exact) mass is 199 g/mol. The lowest BCUT2D eigenvalue weighted by molar-refractivity contribution is 0.0468. The Bertz CT molecular complexity index is 156. The van der Waals surface area contributed by atoms with Crippen LogP contribution in [0.1, 0.15) is 40.5 Å². The lowest BCUT2D eigenvalue weighted by Crippen LogP contribution is -2.23. The topological polar surface area (TPSA) is 21.3 Å². The zero-order valence-electron chi connectivity index (χ0n) is 10.0. The molecule has 0 aliphatic carbocycles. The van der Waals surface area contributed by atoms with Crippen LogP contribution in [0.5, 0.6) is 0 Å². The van der Waals surface area contributed by atoms with Crippen LogP contribution in [-0.2, 0) is 4.74 Å². The van der Waals surface area contributed by atoms with E-state index in [2.05, 4.69) is 33.0 Å². The number of ether oxygens (including phenoxy) is 1. The summed E-state index contributed by atoms with van der Waals surface area (Å²) in [5.41, 5.74) is 0. The Balaban J connectivity index is 2.14. The Morgan fingerprint density at radius 2 is 1.93 bits per heavy atom. The first-order valence-corrected chi connectivity index (χ1v) is 5.93. The number of hydrogen-bond acceptors (Lipinski definition) is 2. The van der Waals surface area contributed by atoms with Crippen molar-refractivity contribution in [1.29, 1.82) is 0 Å². The predicted molar refractivity (Wildman–Crippen MR) is 60.4 cm³/mol. The van der Waals surface area contributed by atoms with Crippen LogP contribution in [0.2, 0.25) is 0 Å². The van der Waals surface area contributed by atoms with E-state index in [0.717, 1.165) is 19.1 Å². The molecular weight excluding hydrogens is 174 g/mol. The molecular formula is C12H25NO. The molecule has 0 unspecified atom stereocenters. The lowest BCUT2D eigenvalue weighted by atomic mass is 10.0. The Labute approximate surface area is 88.4 Å². The molecule has 0 spiro atoms. The molecule has 0 aromatic carbocycles. The second-order valence-electron chi connectivity index (χ2n) is 5.32. The maximum absolute atomic E-state index is 5.81. The van der Waals surface area contributed by atoms with Crippen LogP contribution in [0.4, 0.5) is 0 Å². The second kappa shape index (κ2) is 5.72. The number of rotatable bonds is 5. The van der Waals surface area contributed by atoms with Crippen molar-refractivity contribution < 1.29 is 4.74 Å². The molecule has 0 amide bonds. The van der Waals surface area contributed by atoms with Gasteiger partial charge in [-0.3, -0.25) is 0 Å². The fourth-order valence-electron chi connectivity index (χ4n) is 1.99. The molecule has 1 aliphatic rings. The first-order valence-electron chi connectivity index (χ1n) is 5.93. The molecule has 0 aromatic rings. The second-order valence-corrected chi connectivity index (χ2v) is 5.32. The van der Waals surface area contributed by atoms with E-state index in [1.165, 1.54) is 12.8 Å². The Morgan fingerprint density at radius 1 is 1.21 bits per heavy atom. The molecule has 2 nitrogen and oxygen atoms in total. The van der Waals surface area contributed by atoms with Gasteiger partial charge in [0.05, 0.1) is 6.10 Å². The van der Waals surface area contributed by atoms with Gasteiger partial charge in [0.25, 0.3) is 0 Å². The first kappa shape index (κ1) is 12.0. The van der Waals surface area contributed by atoms with E-state index in [4.69, 9.17) is 4.74 Å². The summed E-state index contributed by atoms with van der Waals surface area (Å²) in [5.74, 6) is 1.44. The van der Waals surface area contributed by atoms with Gasteiger partial charge in [-0.2, -0.15) is 0 Å². The maximum atomic E-state index is 5.81. The van der Waals surface area contributed by atoms with Gasteiger partial charge in [0, 0.05) is 19.2 Å². The van der Waals surface area contributed by atoms with Crippen molar-refractivity contribution in [3.05, 3.63) is 0 Å². The van der Waals surface area contributed by atoms with E-state index in [1.54, 1.807) is 0 Å². The molecule has 2 atom stereocenters. The Kier molecular flexibility index (Phi) is 4.90. The molecule has 0 aromatic heterocycles. The maximum Gasteiger partial charge on any atom is 0.0714 e. The van der Waals surface area contributed by atoms with Gasteiger partial charge in [-0.05, 0) is 24.7 Å². The summed E-state index contributed by atoms with van der Waals surface area (Å²) in [6, 6.07) is 0.687. The first-order chi connectivity index (χ1) is 6.58. The van der Waals surface area contributed by atoms with Gasteiger partial charge in [0.1, 0.15) is 0 Å². The summed E-state index contributed by atoms with van der Waals surface area (Å²) < 4.78 is 5.81. The third-order valence-corrected chi connectivity index (χ3v) is 2.60. The average Bonchev–Trinajstić information content (AvgIpc) is 2.47. The molecule has 1 rings (SSSR count). The summed E-state index contributed by atoms with van der Waals surface area (Å²) in [4.78, 5) is 0. The van der Waals surface area contributed by atoms with Crippen LogP contribution in [0, 0.1) is 11.8 Å². The van der Waals surface area contributed by atoms with Crippen LogP contribution >= 0.6 is 0 Å². The summed E-state index contributed by atoms with van der Waals surface area (Å²) in [5, 5.41) is 3.54. The van der Waals surface area contributed by atoms with Gasteiger partial charge in [0.15, 0.2) is 0 Å². The Morgan fingerprint density at radius 3 is 2.50 bits per heavy atom. The van der Waals surface area contributed by atoms with Gasteiger partial charge in [-0.25, -0.2) is 0 Å². The smallest absolute Gasteiger partial charge is 0.0714 e. The largest absolute Gasteiger partial charge is 0.377 e. The van der Waals surface area contributed by atoms with Crippen LogP contribution in [0.3, 0.4) is 0 Å². The summed E-state index contributed by atoms with van der Waals surface area (Å²) in [6.07, 6.45) is 2.94. The molecule has 84 valence electrons. The normalized spacial score (nSPS) is 27.9. The minimum absolute atomic E-state index is 0.459. The van der Waals surface area contributed by atoms with Crippen LogP contribution in [-0.4, -0.2) is 25.3 Å². The van der Waals surface area contributed by atoms with Crippen LogP contribution in [0.25, 0.3) is 0 Å². The van der Waals surface area contributed by atoms with E-state index >= 15 is 0 Å². The molecule has 1 heterocycles. The van der Waals surface area contributed by atoms with Crippen molar-refractivity contribution in [2.45, 2.75) is 52.7 Å². The van der Waals surface area contributed by atoms with Crippen LogP contribution in [0.15, 0.2) is 0 Å². The van der Waals surface area contributed by atoms with Gasteiger partial charge in [0.2, 0.25) is 0 Å². The van der Waals surface area contributed by atoms with Crippen molar-refractivity contribution in [1.82, 2.24) is 5.32 Å². The zero-order valence-corrected chi connectivity index (χ0v) is 10.0. The third-order valence-electron chi connectivity index (χ3n) is 2.60. The van der Waals surface area contributed by atoms with E-state index < -0.39 is 0 Å². The van der Waals surface area contributed by atoms with E-state index in [9.17, 15) is 0 Å². The average molecular weight is 199 g/mol. The number of hydrogen-bond donors (Lipinski definition) is 1. The molecule has 1 aliphatic heterocycles. The zero-order chi connectivity index (χ0) is 10.6. The SMILES string of the molecule is CC(C)CO[C@@H]1CN[C@H](CC(C)C)C1. The molecule has 1 fully saturated rings. The summed E-state index contributed by atoms with van der Waals surface area (Å²) in [7, 11) is 0. The Hall–Kier alpha value is -0.0800. The van der Waals surface area contributed by atoms with Crippen molar-refractivity contribution in [2.24, 2.45) is 11.8 Å². The molecule has 1 saturated heterocycles.